The Kier molecular flexibility index (Phi) is 5.44. The van der Waals surface area contributed by atoms with E-state index in [9.17, 15) is 14.9 Å². The Labute approximate surface area is 119 Å². The SMILES string of the molecule is CC(CO)C(C)NC(=O)c1cc(Br)cc([N+](=O)[O-])c1. The van der Waals surface area contributed by atoms with Gasteiger partial charge in [0.05, 0.1) is 4.92 Å². The average molecular weight is 331 g/mol. The minimum atomic E-state index is -0.554. The summed E-state index contributed by atoms with van der Waals surface area (Å²) in [5.74, 6) is -0.497. The van der Waals surface area contributed by atoms with Crippen LogP contribution in [0.5, 0.6) is 0 Å². The van der Waals surface area contributed by atoms with E-state index in [2.05, 4.69) is 21.2 Å². The van der Waals surface area contributed by atoms with Gasteiger partial charge in [-0.3, -0.25) is 14.9 Å². The second kappa shape index (κ2) is 6.63. The lowest BCUT2D eigenvalue weighted by molar-refractivity contribution is -0.385. The van der Waals surface area contributed by atoms with Gasteiger partial charge in [0, 0.05) is 34.8 Å². The van der Waals surface area contributed by atoms with Crippen LogP contribution in [0.4, 0.5) is 5.69 Å². The molecular formula is C12H15BrN2O4. The monoisotopic (exact) mass is 330 g/mol. The number of halogens is 1. The predicted octanol–water partition coefficient (Wildman–Crippen LogP) is 2.10. The van der Waals surface area contributed by atoms with E-state index in [-0.39, 0.29) is 29.8 Å². The van der Waals surface area contributed by atoms with E-state index in [1.54, 1.807) is 13.8 Å². The van der Waals surface area contributed by atoms with Gasteiger partial charge in [0.2, 0.25) is 0 Å². The lowest BCUT2D eigenvalue weighted by Gasteiger charge is -2.19. The number of carbonyl (C=O) groups excluding carboxylic acids is 1. The van der Waals surface area contributed by atoms with E-state index in [0.29, 0.717) is 4.47 Å². The minimum absolute atomic E-state index is 0.0416. The van der Waals surface area contributed by atoms with Crippen molar-refractivity contribution in [3.8, 4) is 0 Å². The molecule has 0 radical (unpaired) electrons. The molecule has 0 aliphatic carbocycles. The van der Waals surface area contributed by atoms with Crippen LogP contribution in [-0.2, 0) is 0 Å². The largest absolute Gasteiger partial charge is 0.396 e. The molecule has 19 heavy (non-hydrogen) atoms. The molecule has 0 heterocycles. The van der Waals surface area contributed by atoms with Gasteiger partial charge in [0.1, 0.15) is 0 Å². The van der Waals surface area contributed by atoms with E-state index in [4.69, 9.17) is 5.11 Å². The van der Waals surface area contributed by atoms with Crippen LogP contribution in [0.1, 0.15) is 24.2 Å². The number of hydrogen-bond donors (Lipinski definition) is 2. The first-order valence-corrected chi connectivity index (χ1v) is 6.51. The van der Waals surface area contributed by atoms with Crippen LogP contribution in [0.3, 0.4) is 0 Å². The molecule has 0 aliphatic heterocycles. The summed E-state index contributed by atoms with van der Waals surface area (Å²) in [4.78, 5) is 22.1. The fourth-order valence-electron chi connectivity index (χ4n) is 1.40. The smallest absolute Gasteiger partial charge is 0.271 e. The Balaban J connectivity index is 2.91. The summed E-state index contributed by atoms with van der Waals surface area (Å²) in [5, 5.41) is 22.4. The Morgan fingerprint density at radius 3 is 2.63 bits per heavy atom. The molecule has 2 unspecified atom stereocenters. The van der Waals surface area contributed by atoms with Crippen LogP contribution < -0.4 is 5.32 Å². The van der Waals surface area contributed by atoms with Gasteiger partial charge in [0.25, 0.3) is 11.6 Å². The first kappa shape index (κ1) is 15.6. The van der Waals surface area contributed by atoms with Crippen molar-refractivity contribution < 1.29 is 14.8 Å². The molecule has 0 saturated carbocycles. The molecule has 1 aromatic rings. The number of amides is 1. The Hall–Kier alpha value is -1.47. The summed E-state index contributed by atoms with van der Waals surface area (Å²) < 4.78 is 0.467. The number of aliphatic hydroxyl groups excluding tert-OH is 1. The third-order valence-electron chi connectivity index (χ3n) is 2.86. The van der Waals surface area contributed by atoms with Crippen LogP contribution >= 0.6 is 15.9 Å². The van der Waals surface area contributed by atoms with Crippen LogP contribution in [-0.4, -0.2) is 28.6 Å². The molecular weight excluding hydrogens is 316 g/mol. The molecule has 0 aromatic heterocycles. The number of nitrogens with zero attached hydrogens (tertiary/aromatic N) is 1. The Morgan fingerprint density at radius 2 is 2.11 bits per heavy atom. The topological polar surface area (TPSA) is 92.5 Å². The number of aliphatic hydroxyl groups is 1. The quantitative estimate of drug-likeness (QED) is 0.638. The minimum Gasteiger partial charge on any atom is -0.396 e. The molecule has 0 spiro atoms. The van der Waals surface area contributed by atoms with Crippen molar-refractivity contribution >= 4 is 27.5 Å². The second-order valence-electron chi connectivity index (χ2n) is 4.38. The normalized spacial score (nSPS) is 13.7. The van der Waals surface area contributed by atoms with Crippen LogP contribution in [0.15, 0.2) is 22.7 Å². The summed E-state index contributed by atoms with van der Waals surface area (Å²) in [7, 11) is 0. The molecule has 7 heteroatoms. The molecule has 104 valence electrons. The van der Waals surface area contributed by atoms with Gasteiger partial charge in [-0.05, 0) is 18.9 Å². The molecule has 1 rings (SSSR count). The summed E-state index contributed by atoms with van der Waals surface area (Å²) in [5.41, 5.74) is 0.0560. The molecule has 0 saturated heterocycles. The highest BCUT2D eigenvalue weighted by Crippen LogP contribution is 2.21. The maximum absolute atomic E-state index is 12.0. The van der Waals surface area contributed by atoms with Crippen molar-refractivity contribution in [2.75, 3.05) is 6.61 Å². The van der Waals surface area contributed by atoms with Gasteiger partial charge in [-0.2, -0.15) is 0 Å². The van der Waals surface area contributed by atoms with Gasteiger partial charge in [-0.1, -0.05) is 22.9 Å². The van der Waals surface area contributed by atoms with Gasteiger partial charge in [0.15, 0.2) is 0 Å². The number of rotatable bonds is 5. The number of non-ortho nitro benzene ring substituents is 1. The number of benzene rings is 1. The zero-order valence-corrected chi connectivity index (χ0v) is 12.2. The van der Waals surface area contributed by atoms with E-state index in [1.165, 1.54) is 18.2 Å². The fraction of sp³-hybridized carbons (Fsp3) is 0.417. The highest BCUT2D eigenvalue weighted by molar-refractivity contribution is 9.10. The summed E-state index contributed by atoms with van der Waals surface area (Å²) >= 11 is 3.13. The summed E-state index contributed by atoms with van der Waals surface area (Å²) in [6.07, 6.45) is 0. The van der Waals surface area contributed by atoms with Crippen LogP contribution in [0.2, 0.25) is 0 Å². The molecule has 1 amide bonds. The van der Waals surface area contributed by atoms with E-state index in [0.717, 1.165) is 0 Å². The summed E-state index contributed by atoms with van der Waals surface area (Å²) in [6, 6.07) is 3.83. The number of nitro groups is 1. The molecule has 0 fully saturated rings. The Bertz CT molecular complexity index is 493. The second-order valence-corrected chi connectivity index (χ2v) is 5.29. The predicted molar refractivity (Wildman–Crippen MR) is 74.0 cm³/mol. The van der Waals surface area contributed by atoms with Crippen molar-refractivity contribution in [2.24, 2.45) is 5.92 Å². The molecule has 2 N–H and O–H groups in total. The first-order chi connectivity index (χ1) is 8.85. The van der Waals surface area contributed by atoms with Crippen molar-refractivity contribution in [3.05, 3.63) is 38.3 Å². The van der Waals surface area contributed by atoms with Crippen molar-refractivity contribution in [3.63, 3.8) is 0 Å². The van der Waals surface area contributed by atoms with Gasteiger partial charge >= 0.3 is 0 Å². The lowest BCUT2D eigenvalue weighted by Crippen LogP contribution is -2.38. The van der Waals surface area contributed by atoms with E-state index in [1.807, 2.05) is 0 Å². The standard InChI is InChI=1S/C12H15BrN2O4/c1-7(6-16)8(2)14-12(17)9-3-10(13)5-11(4-9)15(18)19/h3-5,7-8,16H,6H2,1-2H3,(H,14,17). The van der Waals surface area contributed by atoms with Crippen LogP contribution in [0, 0.1) is 16.0 Å². The first-order valence-electron chi connectivity index (χ1n) is 5.72. The zero-order chi connectivity index (χ0) is 14.6. The van der Waals surface area contributed by atoms with E-state index < -0.39 is 10.8 Å². The maximum Gasteiger partial charge on any atom is 0.271 e. The van der Waals surface area contributed by atoms with Crippen molar-refractivity contribution in [2.45, 2.75) is 19.9 Å². The zero-order valence-electron chi connectivity index (χ0n) is 10.6. The summed E-state index contributed by atoms with van der Waals surface area (Å²) in [6.45, 7) is 3.53. The highest BCUT2D eigenvalue weighted by atomic mass is 79.9. The number of hydrogen-bond acceptors (Lipinski definition) is 4. The van der Waals surface area contributed by atoms with Gasteiger partial charge in [-0.25, -0.2) is 0 Å². The maximum atomic E-state index is 12.0. The lowest BCUT2D eigenvalue weighted by atomic mass is 10.0. The fourth-order valence-corrected chi connectivity index (χ4v) is 1.88. The van der Waals surface area contributed by atoms with Crippen LogP contribution in [0.25, 0.3) is 0 Å². The molecule has 0 aliphatic rings. The van der Waals surface area contributed by atoms with Crippen molar-refractivity contribution in [1.29, 1.82) is 0 Å². The van der Waals surface area contributed by atoms with Gasteiger partial charge < -0.3 is 10.4 Å². The number of nitrogens with one attached hydrogen (secondary N) is 1. The molecule has 6 nitrogen and oxygen atoms in total. The molecule has 1 aromatic carbocycles. The van der Waals surface area contributed by atoms with E-state index >= 15 is 0 Å². The number of nitro benzene ring substituents is 1. The Morgan fingerprint density at radius 1 is 1.47 bits per heavy atom. The third kappa shape index (κ3) is 4.29. The van der Waals surface area contributed by atoms with Gasteiger partial charge in [-0.15, -0.1) is 0 Å². The average Bonchev–Trinajstić information content (AvgIpc) is 2.36. The molecule has 2 atom stereocenters. The third-order valence-corrected chi connectivity index (χ3v) is 3.31. The number of carbonyl (C=O) groups is 1. The highest BCUT2D eigenvalue weighted by Gasteiger charge is 2.18. The van der Waals surface area contributed by atoms with Crippen molar-refractivity contribution in [1.82, 2.24) is 5.32 Å². The molecule has 0 bridgehead atoms.